The Kier molecular flexibility index (Phi) is 4.69. The number of carbonyl (C=O) groups is 1. The Bertz CT molecular complexity index is 557. The topological polar surface area (TPSA) is 71.3 Å². The van der Waals surface area contributed by atoms with E-state index in [2.05, 4.69) is 11.4 Å². The van der Waals surface area contributed by atoms with Gasteiger partial charge in [0.2, 0.25) is 5.91 Å². The van der Waals surface area contributed by atoms with Gasteiger partial charge in [-0.15, -0.1) is 0 Å². The molecule has 2 rings (SSSR count). The first-order chi connectivity index (χ1) is 10.1. The smallest absolute Gasteiger partial charge is 0.244 e. The average Bonchev–Trinajstić information content (AvgIpc) is 2.55. The van der Waals surface area contributed by atoms with Gasteiger partial charge in [-0.1, -0.05) is 19.3 Å². The largest absolute Gasteiger partial charge is 0.497 e. The van der Waals surface area contributed by atoms with E-state index in [0.29, 0.717) is 30.0 Å². The molecule has 1 aromatic rings. The summed E-state index contributed by atoms with van der Waals surface area (Å²) in [5.41, 5.74) is -0.395. The molecule has 0 aromatic heterocycles. The second-order valence-electron chi connectivity index (χ2n) is 5.27. The predicted molar refractivity (Wildman–Crippen MR) is 79.3 cm³/mol. The van der Waals surface area contributed by atoms with Crippen molar-refractivity contribution in [1.82, 2.24) is 0 Å². The number of hydrogen-bond acceptors (Lipinski definition) is 4. The predicted octanol–water partition coefficient (Wildman–Crippen LogP) is 3.12. The molecule has 0 aliphatic heterocycles. The summed E-state index contributed by atoms with van der Waals surface area (Å²) >= 11 is 0. The maximum Gasteiger partial charge on any atom is 0.244 e. The fourth-order valence-electron chi connectivity index (χ4n) is 2.70. The number of nitrogens with zero attached hydrogens (tertiary/aromatic N) is 1. The van der Waals surface area contributed by atoms with Crippen molar-refractivity contribution in [2.24, 2.45) is 5.41 Å². The second-order valence-corrected chi connectivity index (χ2v) is 5.27. The summed E-state index contributed by atoms with van der Waals surface area (Å²) in [5.74, 6) is 0.921. The molecule has 1 aliphatic carbocycles. The number of ether oxygens (including phenoxy) is 2. The zero-order chi connectivity index (χ0) is 15.3. The molecule has 0 atom stereocenters. The van der Waals surface area contributed by atoms with Gasteiger partial charge in [-0.05, 0) is 25.0 Å². The van der Waals surface area contributed by atoms with Gasteiger partial charge in [0.05, 0.1) is 26.0 Å². The number of anilines is 1. The monoisotopic (exact) mass is 288 g/mol. The summed E-state index contributed by atoms with van der Waals surface area (Å²) in [4.78, 5) is 12.6. The van der Waals surface area contributed by atoms with E-state index in [0.717, 1.165) is 19.3 Å². The van der Waals surface area contributed by atoms with Crippen LogP contribution in [-0.2, 0) is 4.79 Å². The first kappa shape index (κ1) is 15.2. The van der Waals surface area contributed by atoms with E-state index in [-0.39, 0.29) is 5.91 Å². The molecule has 0 spiro atoms. The number of methoxy groups -OCH3 is 2. The summed E-state index contributed by atoms with van der Waals surface area (Å²) in [6.45, 7) is 0. The highest BCUT2D eigenvalue weighted by Gasteiger charge is 2.40. The first-order valence-corrected chi connectivity index (χ1v) is 7.10. The minimum absolute atomic E-state index is 0.253. The van der Waals surface area contributed by atoms with Crippen LogP contribution in [0.2, 0.25) is 0 Å². The second kappa shape index (κ2) is 6.49. The standard InChI is InChI=1S/C16H20N2O3/c1-20-12-6-7-14(21-2)13(10-12)18-15(19)16(11-17)8-4-3-5-9-16/h6-7,10H,3-5,8-9H2,1-2H3,(H,18,19). The molecule has 1 fully saturated rings. The lowest BCUT2D eigenvalue weighted by atomic mass is 9.74. The van der Waals surface area contributed by atoms with Crippen LogP contribution < -0.4 is 14.8 Å². The first-order valence-electron chi connectivity index (χ1n) is 7.10. The zero-order valence-electron chi connectivity index (χ0n) is 12.4. The fraction of sp³-hybridized carbons (Fsp3) is 0.500. The van der Waals surface area contributed by atoms with Crippen LogP contribution in [0.1, 0.15) is 32.1 Å². The van der Waals surface area contributed by atoms with E-state index in [9.17, 15) is 10.1 Å². The van der Waals surface area contributed by atoms with Gasteiger partial charge in [-0.3, -0.25) is 4.79 Å². The van der Waals surface area contributed by atoms with Crippen molar-refractivity contribution in [3.05, 3.63) is 18.2 Å². The van der Waals surface area contributed by atoms with Crippen LogP contribution >= 0.6 is 0 Å². The lowest BCUT2D eigenvalue weighted by Crippen LogP contribution is -2.36. The van der Waals surface area contributed by atoms with Gasteiger partial charge < -0.3 is 14.8 Å². The minimum atomic E-state index is -0.924. The number of benzene rings is 1. The highest BCUT2D eigenvalue weighted by molar-refractivity contribution is 5.98. The van der Waals surface area contributed by atoms with Gasteiger partial charge in [0.15, 0.2) is 0 Å². The molecule has 0 unspecified atom stereocenters. The van der Waals surface area contributed by atoms with Gasteiger partial charge in [-0.25, -0.2) is 0 Å². The molecular formula is C16H20N2O3. The quantitative estimate of drug-likeness (QED) is 0.924. The molecule has 21 heavy (non-hydrogen) atoms. The van der Waals surface area contributed by atoms with E-state index < -0.39 is 5.41 Å². The molecule has 1 N–H and O–H groups in total. The summed E-state index contributed by atoms with van der Waals surface area (Å²) in [7, 11) is 3.10. The minimum Gasteiger partial charge on any atom is -0.497 e. The van der Waals surface area contributed by atoms with Crippen LogP contribution in [0.15, 0.2) is 18.2 Å². The van der Waals surface area contributed by atoms with Crippen molar-refractivity contribution in [2.45, 2.75) is 32.1 Å². The van der Waals surface area contributed by atoms with Crippen molar-refractivity contribution in [3.63, 3.8) is 0 Å². The fourth-order valence-corrected chi connectivity index (χ4v) is 2.70. The van der Waals surface area contributed by atoms with E-state index in [4.69, 9.17) is 9.47 Å². The van der Waals surface area contributed by atoms with Crippen LogP contribution in [0.5, 0.6) is 11.5 Å². The molecule has 1 saturated carbocycles. The molecule has 0 radical (unpaired) electrons. The molecule has 0 heterocycles. The van der Waals surface area contributed by atoms with Crippen LogP contribution in [0.4, 0.5) is 5.69 Å². The Balaban J connectivity index is 2.24. The number of rotatable bonds is 4. The zero-order valence-corrected chi connectivity index (χ0v) is 12.4. The number of nitrogens with one attached hydrogen (secondary N) is 1. The molecule has 112 valence electrons. The Morgan fingerprint density at radius 1 is 1.24 bits per heavy atom. The Hall–Kier alpha value is -2.22. The van der Waals surface area contributed by atoms with Crippen LogP contribution in [0, 0.1) is 16.7 Å². The van der Waals surface area contributed by atoms with Crippen molar-refractivity contribution in [3.8, 4) is 17.6 Å². The van der Waals surface area contributed by atoms with Crippen molar-refractivity contribution >= 4 is 11.6 Å². The van der Waals surface area contributed by atoms with Crippen LogP contribution in [0.25, 0.3) is 0 Å². The van der Waals surface area contributed by atoms with Crippen molar-refractivity contribution < 1.29 is 14.3 Å². The Morgan fingerprint density at radius 3 is 2.52 bits per heavy atom. The van der Waals surface area contributed by atoms with Gasteiger partial charge in [0.1, 0.15) is 16.9 Å². The van der Waals surface area contributed by atoms with Gasteiger partial charge >= 0.3 is 0 Å². The highest BCUT2D eigenvalue weighted by Crippen LogP contribution is 2.38. The molecular weight excluding hydrogens is 268 g/mol. The van der Waals surface area contributed by atoms with Gasteiger partial charge in [-0.2, -0.15) is 5.26 Å². The van der Waals surface area contributed by atoms with Crippen LogP contribution in [-0.4, -0.2) is 20.1 Å². The third kappa shape index (κ3) is 3.10. The SMILES string of the molecule is COc1ccc(OC)c(NC(=O)C2(C#N)CCCCC2)c1. The lowest BCUT2D eigenvalue weighted by molar-refractivity contribution is -0.124. The summed E-state index contributed by atoms with van der Waals surface area (Å²) in [6.07, 6.45) is 4.13. The highest BCUT2D eigenvalue weighted by atomic mass is 16.5. The third-order valence-electron chi connectivity index (χ3n) is 4.01. The third-order valence-corrected chi connectivity index (χ3v) is 4.01. The maximum atomic E-state index is 12.6. The average molecular weight is 288 g/mol. The molecule has 5 heteroatoms. The number of carbonyl (C=O) groups excluding carboxylic acids is 1. The summed E-state index contributed by atoms with van der Waals surface area (Å²) < 4.78 is 10.4. The molecule has 5 nitrogen and oxygen atoms in total. The summed E-state index contributed by atoms with van der Waals surface area (Å²) in [6, 6.07) is 7.41. The van der Waals surface area contributed by atoms with Crippen molar-refractivity contribution in [1.29, 1.82) is 5.26 Å². The lowest BCUT2D eigenvalue weighted by Gasteiger charge is -2.29. The van der Waals surface area contributed by atoms with Gasteiger partial charge in [0.25, 0.3) is 0 Å². The molecule has 1 amide bonds. The van der Waals surface area contributed by atoms with Crippen LogP contribution in [0.3, 0.4) is 0 Å². The number of hydrogen-bond donors (Lipinski definition) is 1. The van der Waals surface area contributed by atoms with E-state index in [1.54, 1.807) is 25.3 Å². The van der Waals surface area contributed by atoms with Gasteiger partial charge in [0, 0.05) is 6.07 Å². The van der Waals surface area contributed by atoms with Crippen molar-refractivity contribution in [2.75, 3.05) is 19.5 Å². The maximum absolute atomic E-state index is 12.6. The Labute approximate surface area is 124 Å². The van der Waals surface area contributed by atoms with E-state index >= 15 is 0 Å². The van der Waals surface area contributed by atoms with E-state index in [1.807, 2.05) is 0 Å². The molecule has 0 saturated heterocycles. The Morgan fingerprint density at radius 2 is 1.95 bits per heavy atom. The summed E-state index contributed by atoms with van der Waals surface area (Å²) in [5, 5.41) is 12.3. The molecule has 0 bridgehead atoms. The number of nitriles is 1. The normalized spacial score (nSPS) is 16.6. The molecule has 1 aromatic carbocycles. The van der Waals surface area contributed by atoms with E-state index in [1.165, 1.54) is 7.11 Å². The number of amides is 1. The molecule has 1 aliphatic rings.